The van der Waals surface area contributed by atoms with E-state index in [1.54, 1.807) is 0 Å². The Balaban J connectivity index is 2.10. The zero-order valence-corrected chi connectivity index (χ0v) is 13.9. The Labute approximate surface area is 132 Å². The van der Waals surface area contributed by atoms with Gasteiger partial charge in [-0.15, -0.1) is 11.8 Å². The molecule has 3 heteroatoms. The Morgan fingerprint density at radius 3 is 2.38 bits per heavy atom. The molecule has 2 aromatic rings. The van der Waals surface area contributed by atoms with Gasteiger partial charge in [-0.25, -0.2) is 0 Å². The van der Waals surface area contributed by atoms with Crippen LogP contribution in [0.15, 0.2) is 47.6 Å². The molecule has 0 radical (unpaired) electrons. The summed E-state index contributed by atoms with van der Waals surface area (Å²) in [6, 6.07) is 11.4. The summed E-state index contributed by atoms with van der Waals surface area (Å²) >= 11 is 1.88. The quantitative estimate of drug-likeness (QED) is 0.760. The van der Waals surface area contributed by atoms with Crippen molar-refractivity contribution in [3.63, 3.8) is 0 Å². The Morgan fingerprint density at radius 1 is 1.10 bits per heavy atom. The number of thioether (sulfide) groups is 1. The van der Waals surface area contributed by atoms with E-state index in [1.807, 2.05) is 24.2 Å². The van der Waals surface area contributed by atoms with Gasteiger partial charge in [0.25, 0.3) is 0 Å². The summed E-state index contributed by atoms with van der Waals surface area (Å²) < 4.78 is 0. The average Bonchev–Trinajstić information content (AvgIpc) is 2.47. The summed E-state index contributed by atoms with van der Waals surface area (Å²) in [7, 11) is 0. The predicted octanol–water partition coefficient (Wildman–Crippen LogP) is 4.53. The van der Waals surface area contributed by atoms with Crippen LogP contribution in [0.5, 0.6) is 0 Å². The molecule has 0 spiro atoms. The summed E-state index contributed by atoms with van der Waals surface area (Å²) in [6.45, 7) is 7.60. The molecule has 21 heavy (non-hydrogen) atoms. The summed E-state index contributed by atoms with van der Waals surface area (Å²) in [6.07, 6.45) is 4.86. The third-order valence-corrected chi connectivity index (χ3v) is 4.46. The molecule has 2 rings (SSSR count). The molecule has 112 valence electrons. The van der Waals surface area contributed by atoms with E-state index in [0.29, 0.717) is 6.04 Å². The first-order valence-electron chi connectivity index (χ1n) is 7.53. The standard InChI is InChI=1S/C18H24N2S/c1-4-7-20-18(13-21-17-5-8-19-9-6-17)16-11-14(2)10-15(3)12-16/h5-6,8-12,18,20H,4,7,13H2,1-3H3. The SMILES string of the molecule is CCCNC(CSc1ccncc1)c1cc(C)cc(C)c1. The van der Waals surface area contributed by atoms with Crippen molar-refractivity contribution in [2.75, 3.05) is 12.3 Å². The fourth-order valence-corrected chi connectivity index (χ4v) is 3.40. The van der Waals surface area contributed by atoms with Crippen LogP contribution < -0.4 is 5.32 Å². The zero-order valence-electron chi connectivity index (χ0n) is 13.1. The van der Waals surface area contributed by atoms with E-state index in [2.05, 4.69) is 61.4 Å². The van der Waals surface area contributed by atoms with Crippen molar-refractivity contribution in [1.82, 2.24) is 10.3 Å². The third-order valence-electron chi connectivity index (χ3n) is 3.35. The van der Waals surface area contributed by atoms with E-state index in [0.717, 1.165) is 18.7 Å². The van der Waals surface area contributed by atoms with Gasteiger partial charge in [0.15, 0.2) is 0 Å². The number of nitrogens with one attached hydrogen (secondary N) is 1. The van der Waals surface area contributed by atoms with Crippen LogP contribution >= 0.6 is 11.8 Å². The van der Waals surface area contributed by atoms with Gasteiger partial charge in [0.1, 0.15) is 0 Å². The van der Waals surface area contributed by atoms with Crippen molar-refractivity contribution in [3.05, 3.63) is 59.4 Å². The van der Waals surface area contributed by atoms with Crippen LogP contribution in [0.3, 0.4) is 0 Å². The van der Waals surface area contributed by atoms with E-state index in [9.17, 15) is 0 Å². The van der Waals surface area contributed by atoms with Gasteiger partial charge in [0.2, 0.25) is 0 Å². The van der Waals surface area contributed by atoms with Gasteiger partial charge < -0.3 is 5.32 Å². The molecule has 1 heterocycles. The number of hydrogen-bond acceptors (Lipinski definition) is 3. The minimum atomic E-state index is 0.390. The summed E-state index contributed by atoms with van der Waals surface area (Å²) in [5, 5.41) is 3.67. The Morgan fingerprint density at radius 2 is 1.76 bits per heavy atom. The minimum absolute atomic E-state index is 0.390. The molecule has 1 unspecified atom stereocenters. The van der Waals surface area contributed by atoms with Crippen molar-refractivity contribution in [2.45, 2.75) is 38.1 Å². The topological polar surface area (TPSA) is 24.9 Å². The highest BCUT2D eigenvalue weighted by Crippen LogP contribution is 2.25. The highest BCUT2D eigenvalue weighted by Gasteiger charge is 2.12. The largest absolute Gasteiger partial charge is 0.309 e. The molecule has 0 saturated carbocycles. The van der Waals surface area contributed by atoms with E-state index >= 15 is 0 Å². The normalized spacial score (nSPS) is 12.3. The molecule has 0 saturated heterocycles. The van der Waals surface area contributed by atoms with Crippen LogP contribution in [0, 0.1) is 13.8 Å². The third kappa shape index (κ3) is 5.18. The van der Waals surface area contributed by atoms with Crippen LogP contribution in [0.25, 0.3) is 0 Å². The van der Waals surface area contributed by atoms with Crippen LogP contribution in [0.2, 0.25) is 0 Å². The van der Waals surface area contributed by atoms with Gasteiger partial charge in [-0.1, -0.05) is 36.2 Å². The lowest BCUT2D eigenvalue weighted by Gasteiger charge is -2.20. The van der Waals surface area contributed by atoms with Crippen molar-refractivity contribution >= 4 is 11.8 Å². The molecule has 0 amide bonds. The van der Waals surface area contributed by atoms with Gasteiger partial charge >= 0.3 is 0 Å². The molecule has 1 atom stereocenters. The summed E-state index contributed by atoms with van der Waals surface area (Å²) in [5.41, 5.74) is 4.06. The van der Waals surface area contributed by atoms with E-state index in [4.69, 9.17) is 0 Å². The second-order valence-electron chi connectivity index (χ2n) is 5.42. The Kier molecular flexibility index (Phi) is 6.27. The second kappa shape index (κ2) is 8.20. The number of pyridine rings is 1. The molecular formula is C18H24N2S. The molecule has 1 N–H and O–H groups in total. The van der Waals surface area contributed by atoms with Crippen LogP contribution in [-0.4, -0.2) is 17.3 Å². The molecule has 0 aliphatic carbocycles. The fraction of sp³-hybridized carbons (Fsp3) is 0.389. The first-order chi connectivity index (χ1) is 10.2. The zero-order chi connectivity index (χ0) is 15.1. The summed E-state index contributed by atoms with van der Waals surface area (Å²) in [5.74, 6) is 1.03. The Hall–Kier alpha value is -1.32. The predicted molar refractivity (Wildman–Crippen MR) is 91.9 cm³/mol. The fourth-order valence-electron chi connectivity index (χ4n) is 2.42. The average molecular weight is 300 g/mol. The maximum atomic E-state index is 4.07. The molecule has 1 aromatic heterocycles. The maximum Gasteiger partial charge on any atom is 0.0415 e. The molecule has 0 aliphatic heterocycles. The van der Waals surface area contributed by atoms with Crippen molar-refractivity contribution in [1.29, 1.82) is 0 Å². The first kappa shape index (κ1) is 16.1. The molecule has 0 bridgehead atoms. The number of hydrogen-bond donors (Lipinski definition) is 1. The first-order valence-corrected chi connectivity index (χ1v) is 8.52. The van der Waals surface area contributed by atoms with E-state index in [1.165, 1.54) is 21.6 Å². The monoisotopic (exact) mass is 300 g/mol. The van der Waals surface area contributed by atoms with Crippen LogP contribution in [-0.2, 0) is 0 Å². The van der Waals surface area contributed by atoms with Crippen LogP contribution in [0.1, 0.15) is 36.1 Å². The molecule has 0 fully saturated rings. The highest BCUT2D eigenvalue weighted by molar-refractivity contribution is 7.99. The molecule has 0 aliphatic rings. The minimum Gasteiger partial charge on any atom is -0.309 e. The molecule has 2 nitrogen and oxygen atoms in total. The number of benzene rings is 1. The summed E-state index contributed by atoms with van der Waals surface area (Å²) in [4.78, 5) is 5.35. The van der Waals surface area contributed by atoms with Crippen molar-refractivity contribution < 1.29 is 0 Å². The van der Waals surface area contributed by atoms with E-state index in [-0.39, 0.29) is 0 Å². The highest BCUT2D eigenvalue weighted by atomic mass is 32.2. The Bertz CT molecular complexity index is 534. The molecule has 1 aromatic carbocycles. The lowest BCUT2D eigenvalue weighted by molar-refractivity contribution is 0.577. The van der Waals surface area contributed by atoms with Crippen molar-refractivity contribution in [2.24, 2.45) is 0 Å². The number of aromatic nitrogens is 1. The number of aryl methyl sites for hydroxylation is 2. The lowest BCUT2D eigenvalue weighted by Crippen LogP contribution is -2.24. The van der Waals surface area contributed by atoms with Crippen molar-refractivity contribution in [3.8, 4) is 0 Å². The van der Waals surface area contributed by atoms with Gasteiger partial charge in [-0.05, 0) is 44.5 Å². The van der Waals surface area contributed by atoms with Gasteiger partial charge in [0, 0.05) is 29.1 Å². The van der Waals surface area contributed by atoms with Gasteiger partial charge in [0.05, 0.1) is 0 Å². The van der Waals surface area contributed by atoms with Crippen LogP contribution in [0.4, 0.5) is 0 Å². The van der Waals surface area contributed by atoms with Gasteiger partial charge in [-0.3, -0.25) is 4.98 Å². The maximum absolute atomic E-state index is 4.07. The number of nitrogens with zero attached hydrogens (tertiary/aromatic N) is 1. The van der Waals surface area contributed by atoms with E-state index < -0.39 is 0 Å². The second-order valence-corrected chi connectivity index (χ2v) is 6.52. The molecular weight excluding hydrogens is 276 g/mol. The smallest absolute Gasteiger partial charge is 0.0415 e. The number of rotatable bonds is 7. The lowest BCUT2D eigenvalue weighted by atomic mass is 10.0. The van der Waals surface area contributed by atoms with Gasteiger partial charge in [-0.2, -0.15) is 0 Å².